The van der Waals surface area contributed by atoms with Gasteiger partial charge in [-0.05, 0) is 27.2 Å². The summed E-state index contributed by atoms with van der Waals surface area (Å²) in [7, 11) is 0. The molecule has 1 amide bonds. The molecule has 0 saturated carbocycles. The lowest BCUT2D eigenvalue weighted by Crippen LogP contribution is -2.43. The van der Waals surface area contributed by atoms with Gasteiger partial charge in [-0.25, -0.2) is 4.79 Å². The van der Waals surface area contributed by atoms with Gasteiger partial charge in [0.15, 0.2) is 0 Å². The zero-order valence-electron chi connectivity index (χ0n) is 10.1. The van der Waals surface area contributed by atoms with E-state index < -0.39 is 11.7 Å². The van der Waals surface area contributed by atoms with Gasteiger partial charge in [0.1, 0.15) is 5.60 Å². The second kappa shape index (κ2) is 4.75. The third kappa shape index (κ3) is 2.89. The highest BCUT2D eigenvalue weighted by Crippen LogP contribution is 2.25. The Morgan fingerprint density at radius 2 is 2.25 bits per heavy atom. The number of hydrogen-bond donors (Lipinski definition) is 1. The van der Waals surface area contributed by atoms with Crippen molar-refractivity contribution in [3.05, 3.63) is 0 Å². The molecular formula is C12H19NO3. The first-order valence-corrected chi connectivity index (χ1v) is 5.45. The maximum absolute atomic E-state index is 11.8. The molecule has 1 aliphatic rings. The molecule has 0 spiro atoms. The lowest BCUT2D eigenvalue weighted by molar-refractivity contribution is 0.0160. The first-order chi connectivity index (χ1) is 7.39. The van der Waals surface area contributed by atoms with Crippen molar-refractivity contribution >= 4 is 6.09 Å². The minimum atomic E-state index is -0.523. The van der Waals surface area contributed by atoms with Gasteiger partial charge in [0.2, 0.25) is 0 Å². The second-order valence-electron chi connectivity index (χ2n) is 4.99. The highest BCUT2D eigenvalue weighted by atomic mass is 16.6. The molecule has 0 aromatic carbocycles. The first-order valence-electron chi connectivity index (χ1n) is 5.45. The molecule has 0 aliphatic carbocycles. The van der Waals surface area contributed by atoms with Crippen molar-refractivity contribution in [2.75, 3.05) is 13.2 Å². The molecule has 1 rings (SSSR count). The molecule has 2 unspecified atom stereocenters. The Labute approximate surface area is 96.6 Å². The van der Waals surface area contributed by atoms with Gasteiger partial charge in [0, 0.05) is 12.5 Å². The summed E-state index contributed by atoms with van der Waals surface area (Å²) in [5, 5.41) is 9.24. The third-order valence-corrected chi connectivity index (χ3v) is 2.57. The quantitative estimate of drug-likeness (QED) is 0.683. The summed E-state index contributed by atoms with van der Waals surface area (Å²) in [5.41, 5.74) is -0.523. The highest BCUT2D eigenvalue weighted by Gasteiger charge is 2.37. The molecule has 1 fully saturated rings. The predicted octanol–water partition coefficient (Wildman–Crippen LogP) is 1.24. The molecule has 1 N–H and O–H groups in total. The van der Waals surface area contributed by atoms with Crippen LogP contribution in [0, 0.1) is 18.3 Å². The smallest absolute Gasteiger partial charge is 0.410 e. The monoisotopic (exact) mass is 225 g/mol. The number of aliphatic hydroxyl groups is 1. The lowest BCUT2D eigenvalue weighted by atomic mass is 10.0. The van der Waals surface area contributed by atoms with Gasteiger partial charge in [0.25, 0.3) is 0 Å². The molecule has 1 saturated heterocycles. The molecular weight excluding hydrogens is 206 g/mol. The molecule has 0 radical (unpaired) electrons. The van der Waals surface area contributed by atoms with Crippen LogP contribution in [0.15, 0.2) is 0 Å². The molecule has 0 bridgehead atoms. The number of carbonyl (C=O) groups excluding carboxylic acids is 1. The fourth-order valence-corrected chi connectivity index (χ4v) is 1.82. The van der Waals surface area contributed by atoms with Crippen molar-refractivity contribution < 1.29 is 14.6 Å². The Balaban J connectivity index is 2.68. The molecule has 1 heterocycles. The Morgan fingerprint density at radius 3 is 2.69 bits per heavy atom. The number of terminal acetylenes is 1. The van der Waals surface area contributed by atoms with Crippen LogP contribution >= 0.6 is 0 Å². The van der Waals surface area contributed by atoms with Crippen LogP contribution in [0.2, 0.25) is 0 Å². The van der Waals surface area contributed by atoms with Gasteiger partial charge < -0.3 is 14.7 Å². The maximum Gasteiger partial charge on any atom is 0.410 e. The average molecular weight is 225 g/mol. The first kappa shape index (κ1) is 12.9. The number of rotatable bonds is 1. The van der Waals surface area contributed by atoms with Crippen LogP contribution < -0.4 is 0 Å². The average Bonchev–Trinajstić information content (AvgIpc) is 2.57. The lowest BCUT2D eigenvalue weighted by Gasteiger charge is -2.28. The van der Waals surface area contributed by atoms with Crippen LogP contribution in [-0.4, -0.2) is 40.9 Å². The molecule has 4 heteroatoms. The number of carbonyl (C=O) groups is 1. The third-order valence-electron chi connectivity index (χ3n) is 2.57. The molecule has 1 aliphatic heterocycles. The Kier molecular flexibility index (Phi) is 3.82. The summed E-state index contributed by atoms with van der Waals surface area (Å²) in [4.78, 5) is 13.3. The van der Waals surface area contributed by atoms with Crippen LogP contribution in [0.3, 0.4) is 0 Å². The number of aliphatic hydroxyl groups excluding tert-OH is 1. The molecule has 2 atom stereocenters. The van der Waals surface area contributed by atoms with Crippen molar-refractivity contribution in [3.8, 4) is 12.3 Å². The van der Waals surface area contributed by atoms with E-state index in [1.165, 1.54) is 4.90 Å². The van der Waals surface area contributed by atoms with E-state index >= 15 is 0 Å². The van der Waals surface area contributed by atoms with Crippen LogP contribution in [0.4, 0.5) is 4.79 Å². The van der Waals surface area contributed by atoms with Crippen molar-refractivity contribution in [2.24, 2.45) is 5.92 Å². The highest BCUT2D eigenvalue weighted by molar-refractivity contribution is 5.69. The molecule has 90 valence electrons. The van der Waals surface area contributed by atoms with Crippen LogP contribution in [0.5, 0.6) is 0 Å². The fraction of sp³-hybridized carbons (Fsp3) is 0.750. The van der Waals surface area contributed by atoms with Crippen LogP contribution in [0.1, 0.15) is 27.2 Å². The Hall–Kier alpha value is -1.21. The number of hydrogen-bond acceptors (Lipinski definition) is 3. The van der Waals surface area contributed by atoms with E-state index in [1.807, 2.05) is 20.8 Å². The number of ether oxygens (including phenoxy) is 1. The molecule has 0 aromatic rings. The van der Waals surface area contributed by atoms with Gasteiger partial charge in [0.05, 0.1) is 12.6 Å². The fourth-order valence-electron chi connectivity index (χ4n) is 1.82. The Morgan fingerprint density at radius 1 is 1.62 bits per heavy atom. The van der Waals surface area contributed by atoms with E-state index in [-0.39, 0.29) is 18.6 Å². The Bertz CT molecular complexity index is 300. The predicted molar refractivity (Wildman–Crippen MR) is 60.8 cm³/mol. The number of likely N-dealkylation sites (tertiary alicyclic amines) is 1. The van der Waals surface area contributed by atoms with E-state index in [9.17, 15) is 9.90 Å². The van der Waals surface area contributed by atoms with Crippen molar-refractivity contribution in [1.82, 2.24) is 4.90 Å². The van der Waals surface area contributed by atoms with Gasteiger partial charge in [-0.1, -0.05) is 0 Å². The van der Waals surface area contributed by atoms with Crippen LogP contribution in [0.25, 0.3) is 0 Å². The standard InChI is InChI=1S/C12H19NO3/c1-5-9-6-7-13(10(9)8-14)11(15)16-12(2,3)4/h1,9-10,14H,6-8H2,2-4H3. The van der Waals surface area contributed by atoms with Crippen LogP contribution in [-0.2, 0) is 4.74 Å². The van der Waals surface area contributed by atoms with Gasteiger partial charge in [-0.15, -0.1) is 12.3 Å². The largest absolute Gasteiger partial charge is 0.444 e. The summed E-state index contributed by atoms with van der Waals surface area (Å²) in [6, 6.07) is -0.306. The van der Waals surface area contributed by atoms with Gasteiger partial charge in [-0.2, -0.15) is 0 Å². The zero-order valence-corrected chi connectivity index (χ0v) is 10.1. The summed E-state index contributed by atoms with van der Waals surface area (Å²) < 4.78 is 5.25. The summed E-state index contributed by atoms with van der Waals surface area (Å²) in [6.45, 7) is 5.87. The topological polar surface area (TPSA) is 49.8 Å². The number of nitrogens with zero attached hydrogens (tertiary/aromatic N) is 1. The van der Waals surface area contributed by atoms with E-state index in [2.05, 4.69) is 5.92 Å². The minimum absolute atomic E-state index is 0.0717. The van der Waals surface area contributed by atoms with Gasteiger partial charge >= 0.3 is 6.09 Å². The number of amides is 1. The van der Waals surface area contributed by atoms with Crippen molar-refractivity contribution in [1.29, 1.82) is 0 Å². The van der Waals surface area contributed by atoms with Crippen molar-refractivity contribution in [3.63, 3.8) is 0 Å². The SMILES string of the molecule is C#CC1CCN(C(=O)OC(C)(C)C)C1CO. The van der Waals surface area contributed by atoms with Crippen molar-refractivity contribution in [2.45, 2.75) is 38.8 Å². The van der Waals surface area contributed by atoms with E-state index in [0.29, 0.717) is 6.54 Å². The van der Waals surface area contributed by atoms with E-state index in [0.717, 1.165) is 6.42 Å². The van der Waals surface area contributed by atoms with Gasteiger partial charge in [-0.3, -0.25) is 0 Å². The normalized spacial score (nSPS) is 25.3. The molecule has 16 heavy (non-hydrogen) atoms. The second-order valence-corrected chi connectivity index (χ2v) is 4.99. The summed E-state index contributed by atoms with van der Waals surface area (Å²) >= 11 is 0. The minimum Gasteiger partial charge on any atom is -0.444 e. The molecule has 0 aromatic heterocycles. The van der Waals surface area contributed by atoms with E-state index in [1.54, 1.807) is 0 Å². The summed E-state index contributed by atoms with van der Waals surface area (Å²) in [5.74, 6) is 2.53. The van der Waals surface area contributed by atoms with E-state index in [4.69, 9.17) is 11.2 Å². The zero-order chi connectivity index (χ0) is 12.3. The maximum atomic E-state index is 11.8. The summed E-state index contributed by atoms with van der Waals surface area (Å²) in [6.07, 6.45) is 5.67. The molecule has 4 nitrogen and oxygen atoms in total.